The number of hydrogen-bond acceptors (Lipinski definition) is 4. The highest BCUT2D eigenvalue weighted by molar-refractivity contribution is 8.00. The van der Waals surface area contributed by atoms with E-state index in [1.54, 1.807) is 11.8 Å². The zero-order valence-electron chi connectivity index (χ0n) is 11.7. The summed E-state index contributed by atoms with van der Waals surface area (Å²) in [6, 6.07) is -0.399. The summed E-state index contributed by atoms with van der Waals surface area (Å²) in [5.41, 5.74) is 1.81. The minimum atomic E-state index is -1.06. The van der Waals surface area contributed by atoms with Crippen LogP contribution in [0.15, 0.2) is 28.9 Å². The largest absolute Gasteiger partial charge is 0.477 e. The number of hydrogen-bond donors (Lipinski definition) is 1. The van der Waals surface area contributed by atoms with Gasteiger partial charge in [-0.1, -0.05) is 19.1 Å². The lowest BCUT2D eigenvalue weighted by Crippen LogP contribution is -2.64. The van der Waals surface area contributed by atoms with Crippen LogP contribution >= 0.6 is 11.8 Å². The van der Waals surface area contributed by atoms with E-state index in [0.29, 0.717) is 11.3 Å². The maximum Gasteiger partial charge on any atom is 0.352 e. The van der Waals surface area contributed by atoms with Crippen molar-refractivity contribution in [3.05, 3.63) is 23.9 Å². The summed E-state index contributed by atoms with van der Waals surface area (Å²) in [6.07, 6.45) is 6.99. The number of thioether (sulfide) groups is 1. The molecule has 1 N–H and O–H groups in total. The van der Waals surface area contributed by atoms with E-state index in [1.165, 1.54) is 17.4 Å². The topological polar surface area (TPSA) is 70.0 Å². The number of aliphatic imine (C=N–C) groups is 1. The third-order valence-corrected chi connectivity index (χ3v) is 5.46. The van der Waals surface area contributed by atoms with Crippen molar-refractivity contribution in [3.8, 4) is 0 Å². The van der Waals surface area contributed by atoms with Gasteiger partial charge in [0, 0.05) is 11.5 Å². The Morgan fingerprint density at radius 3 is 2.71 bits per heavy atom. The Kier molecular flexibility index (Phi) is 3.89. The number of rotatable bonds is 3. The molecular formula is C15H18N2O3S. The summed E-state index contributed by atoms with van der Waals surface area (Å²) in [6.45, 7) is 3.64. The smallest absolute Gasteiger partial charge is 0.352 e. The summed E-state index contributed by atoms with van der Waals surface area (Å²) >= 11 is 1.57. The van der Waals surface area contributed by atoms with Crippen LogP contribution in [0.5, 0.6) is 0 Å². The summed E-state index contributed by atoms with van der Waals surface area (Å²) in [4.78, 5) is 29.7. The minimum Gasteiger partial charge on any atom is -0.477 e. The van der Waals surface area contributed by atoms with Gasteiger partial charge in [-0.3, -0.25) is 14.7 Å². The molecule has 1 unspecified atom stereocenters. The van der Waals surface area contributed by atoms with Gasteiger partial charge in [-0.05, 0) is 31.3 Å². The van der Waals surface area contributed by atoms with E-state index in [-0.39, 0.29) is 17.0 Å². The summed E-state index contributed by atoms with van der Waals surface area (Å²) in [7, 11) is 0. The van der Waals surface area contributed by atoms with Gasteiger partial charge in [0.15, 0.2) is 6.04 Å². The zero-order chi connectivity index (χ0) is 15.0. The van der Waals surface area contributed by atoms with E-state index in [0.717, 1.165) is 31.4 Å². The number of carboxylic acid groups (broad SMARTS) is 1. The Morgan fingerprint density at radius 2 is 2.10 bits per heavy atom. The molecule has 0 spiro atoms. The predicted molar refractivity (Wildman–Crippen MR) is 82.3 cm³/mol. The number of β-lactam (4-membered cyclic amide) rings is 1. The second kappa shape index (κ2) is 5.67. The van der Waals surface area contributed by atoms with Crippen LogP contribution in [0.4, 0.5) is 0 Å². The van der Waals surface area contributed by atoms with Gasteiger partial charge in [-0.2, -0.15) is 0 Å². The van der Waals surface area contributed by atoms with Crippen molar-refractivity contribution >= 4 is 29.4 Å². The Hall–Kier alpha value is -1.56. The van der Waals surface area contributed by atoms with Crippen LogP contribution in [0.2, 0.25) is 0 Å². The molecule has 0 aromatic rings. The van der Waals surface area contributed by atoms with Crippen LogP contribution in [-0.4, -0.2) is 44.8 Å². The quantitative estimate of drug-likeness (QED) is 0.812. The number of allylic oxidation sites excluding steroid dienone is 1. The lowest BCUT2D eigenvalue weighted by Gasteiger charge is -2.47. The van der Waals surface area contributed by atoms with Gasteiger partial charge < -0.3 is 5.11 Å². The van der Waals surface area contributed by atoms with Crippen LogP contribution in [0.1, 0.15) is 32.1 Å². The first-order chi connectivity index (χ1) is 10.1. The third-order valence-electron chi connectivity index (χ3n) is 4.17. The molecule has 5 nitrogen and oxygen atoms in total. The zero-order valence-corrected chi connectivity index (χ0v) is 12.6. The molecule has 1 amide bonds. The molecular weight excluding hydrogens is 288 g/mol. The average molecular weight is 306 g/mol. The van der Waals surface area contributed by atoms with Crippen LogP contribution in [0, 0.1) is 0 Å². The standard InChI is InChI=1S/C15H18N2O3S/c1-2-9-8-21-14-11(16-10-6-4-3-5-7-10)13(18)17(14)12(9)15(19)20/h2,11,14H,1,3-8H2,(H,19,20)/t11?,14-/m1/s1. The van der Waals surface area contributed by atoms with Gasteiger partial charge >= 0.3 is 5.97 Å². The normalized spacial score (nSPS) is 28.9. The SMILES string of the molecule is C=CC1=C(C(=O)O)N2C(=O)C(N=C3CCCCC3)[C@H]2SC1. The van der Waals surface area contributed by atoms with Gasteiger partial charge in [0.1, 0.15) is 11.1 Å². The average Bonchev–Trinajstić information content (AvgIpc) is 2.51. The number of aliphatic carboxylic acids is 1. The maximum absolute atomic E-state index is 12.3. The molecule has 0 bridgehead atoms. The number of carboxylic acids is 1. The van der Waals surface area contributed by atoms with Crippen molar-refractivity contribution in [3.63, 3.8) is 0 Å². The van der Waals surface area contributed by atoms with Gasteiger partial charge in [-0.25, -0.2) is 4.79 Å². The molecule has 112 valence electrons. The third kappa shape index (κ3) is 2.41. The lowest BCUT2D eigenvalue weighted by atomic mass is 9.97. The van der Waals surface area contributed by atoms with Gasteiger partial charge in [-0.15, -0.1) is 11.8 Å². The number of carbonyl (C=O) groups is 2. The molecule has 1 saturated carbocycles. The highest BCUT2D eigenvalue weighted by Crippen LogP contribution is 2.42. The van der Waals surface area contributed by atoms with Crippen LogP contribution in [0.25, 0.3) is 0 Å². The molecule has 2 fully saturated rings. The molecule has 2 atom stereocenters. The Bertz CT molecular complexity index is 559. The van der Waals surface area contributed by atoms with Crippen LogP contribution < -0.4 is 0 Å². The molecule has 1 aliphatic carbocycles. The van der Waals surface area contributed by atoms with E-state index in [4.69, 9.17) is 0 Å². The van der Waals surface area contributed by atoms with Crippen molar-refractivity contribution in [1.29, 1.82) is 0 Å². The molecule has 0 radical (unpaired) electrons. The maximum atomic E-state index is 12.3. The van der Waals surface area contributed by atoms with Crippen molar-refractivity contribution < 1.29 is 14.7 Å². The van der Waals surface area contributed by atoms with E-state index < -0.39 is 12.0 Å². The van der Waals surface area contributed by atoms with Gasteiger partial charge in [0.2, 0.25) is 0 Å². The molecule has 21 heavy (non-hydrogen) atoms. The van der Waals surface area contributed by atoms with Gasteiger partial charge in [0.05, 0.1) is 0 Å². The van der Waals surface area contributed by atoms with Crippen molar-refractivity contribution in [1.82, 2.24) is 4.90 Å². The molecule has 6 heteroatoms. The minimum absolute atomic E-state index is 0.0823. The molecule has 3 aliphatic rings. The lowest BCUT2D eigenvalue weighted by molar-refractivity contribution is -0.147. The fraction of sp³-hybridized carbons (Fsp3) is 0.533. The second-order valence-electron chi connectivity index (χ2n) is 5.49. The molecule has 2 heterocycles. The van der Waals surface area contributed by atoms with E-state index >= 15 is 0 Å². The Labute approximate surface area is 127 Å². The monoisotopic (exact) mass is 306 g/mol. The highest BCUT2D eigenvalue weighted by Gasteiger charge is 2.53. The summed E-state index contributed by atoms with van der Waals surface area (Å²) in [5, 5.41) is 9.18. The van der Waals surface area contributed by atoms with Crippen molar-refractivity contribution in [2.24, 2.45) is 4.99 Å². The highest BCUT2D eigenvalue weighted by atomic mass is 32.2. The van der Waals surface area contributed by atoms with Crippen molar-refractivity contribution in [2.75, 3.05) is 5.75 Å². The number of nitrogens with zero attached hydrogens (tertiary/aromatic N) is 2. The number of fused-ring (bicyclic) bond motifs is 1. The fourth-order valence-corrected chi connectivity index (χ4v) is 4.37. The predicted octanol–water partition coefficient (Wildman–Crippen LogP) is 2.20. The first-order valence-corrected chi connectivity index (χ1v) is 8.27. The van der Waals surface area contributed by atoms with Crippen LogP contribution in [-0.2, 0) is 9.59 Å². The molecule has 0 aromatic carbocycles. The number of carbonyl (C=O) groups excluding carboxylic acids is 1. The molecule has 2 aliphatic heterocycles. The van der Waals surface area contributed by atoms with E-state index in [2.05, 4.69) is 11.6 Å². The number of amides is 1. The Morgan fingerprint density at radius 1 is 1.38 bits per heavy atom. The Balaban J connectivity index is 1.83. The van der Waals surface area contributed by atoms with E-state index in [1.807, 2.05) is 0 Å². The van der Waals surface area contributed by atoms with Gasteiger partial charge in [0.25, 0.3) is 5.91 Å². The summed E-state index contributed by atoms with van der Waals surface area (Å²) in [5.74, 6) is -0.685. The molecule has 0 aromatic heterocycles. The van der Waals surface area contributed by atoms with E-state index in [9.17, 15) is 14.7 Å². The first-order valence-electron chi connectivity index (χ1n) is 7.22. The van der Waals surface area contributed by atoms with Crippen LogP contribution in [0.3, 0.4) is 0 Å². The first kappa shape index (κ1) is 14.4. The fourth-order valence-electron chi connectivity index (χ4n) is 3.05. The summed E-state index contributed by atoms with van der Waals surface area (Å²) < 4.78 is 0. The molecule has 3 rings (SSSR count). The molecule has 1 saturated heterocycles. The van der Waals surface area contributed by atoms with Crippen molar-refractivity contribution in [2.45, 2.75) is 43.5 Å². The second-order valence-corrected chi connectivity index (χ2v) is 6.60.